The molecule has 0 radical (unpaired) electrons. The number of nitrogens with zero attached hydrogens (tertiary/aromatic N) is 1. The molecule has 0 aliphatic carbocycles. The summed E-state index contributed by atoms with van der Waals surface area (Å²) in [6.07, 6.45) is 0. The maximum atomic E-state index is 11.8. The smallest absolute Gasteiger partial charge is 0.259 e. The summed E-state index contributed by atoms with van der Waals surface area (Å²) in [5, 5.41) is 18.9. The van der Waals surface area contributed by atoms with E-state index in [0.29, 0.717) is 11.3 Å². The maximum Gasteiger partial charge on any atom is 0.259 e. The minimum Gasteiger partial charge on any atom is -0.506 e. The van der Waals surface area contributed by atoms with Crippen LogP contribution >= 0.6 is 0 Å². The predicted molar refractivity (Wildman–Crippen MR) is 63.6 cm³/mol. The number of aryl methyl sites for hydroxylation is 1. The van der Waals surface area contributed by atoms with Gasteiger partial charge in [0.1, 0.15) is 17.4 Å². The van der Waals surface area contributed by atoms with Crippen molar-refractivity contribution in [1.82, 2.24) is 4.98 Å². The molecule has 1 heterocycles. The first-order chi connectivity index (χ1) is 8.15. The number of aromatic hydroxyl groups is 1. The molecule has 1 aromatic heterocycles. The van der Waals surface area contributed by atoms with Crippen LogP contribution in [0.25, 0.3) is 11.1 Å². The van der Waals surface area contributed by atoms with Crippen molar-refractivity contribution in [1.29, 1.82) is 5.26 Å². The van der Waals surface area contributed by atoms with Crippen molar-refractivity contribution in [2.45, 2.75) is 6.92 Å². The SMILES string of the molecule is Cc1[nH]c(=O)c(-c2ccccc2)c(O)c1C#N. The minimum absolute atomic E-state index is 0.100. The van der Waals surface area contributed by atoms with E-state index < -0.39 is 5.56 Å². The molecule has 0 aliphatic heterocycles. The van der Waals surface area contributed by atoms with Gasteiger partial charge in [0.2, 0.25) is 0 Å². The van der Waals surface area contributed by atoms with E-state index in [1.54, 1.807) is 31.2 Å². The molecule has 17 heavy (non-hydrogen) atoms. The summed E-state index contributed by atoms with van der Waals surface area (Å²) in [7, 11) is 0. The average Bonchev–Trinajstić information content (AvgIpc) is 2.30. The maximum absolute atomic E-state index is 11.8. The number of aromatic amines is 1. The van der Waals surface area contributed by atoms with Gasteiger partial charge in [-0.05, 0) is 12.5 Å². The molecule has 1 aromatic carbocycles. The Morgan fingerprint density at radius 3 is 2.53 bits per heavy atom. The van der Waals surface area contributed by atoms with Crippen molar-refractivity contribution in [3.8, 4) is 22.9 Å². The topological polar surface area (TPSA) is 76.9 Å². The highest BCUT2D eigenvalue weighted by Crippen LogP contribution is 2.29. The third-order valence-corrected chi connectivity index (χ3v) is 2.55. The highest BCUT2D eigenvalue weighted by atomic mass is 16.3. The van der Waals surface area contributed by atoms with E-state index in [-0.39, 0.29) is 16.9 Å². The first kappa shape index (κ1) is 11.0. The van der Waals surface area contributed by atoms with Crippen LogP contribution in [-0.4, -0.2) is 10.1 Å². The average molecular weight is 226 g/mol. The molecule has 2 N–H and O–H groups in total. The first-order valence-electron chi connectivity index (χ1n) is 5.06. The summed E-state index contributed by atoms with van der Waals surface area (Å²) in [6, 6.07) is 10.6. The van der Waals surface area contributed by atoms with Gasteiger partial charge in [0.05, 0.1) is 5.56 Å². The van der Waals surface area contributed by atoms with Crippen molar-refractivity contribution in [3.05, 3.63) is 51.9 Å². The number of pyridine rings is 1. The summed E-state index contributed by atoms with van der Waals surface area (Å²) >= 11 is 0. The van der Waals surface area contributed by atoms with E-state index in [2.05, 4.69) is 4.98 Å². The van der Waals surface area contributed by atoms with Crippen molar-refractivity contribution < 1.29 is 5.11 Å². The Labute approximate surface area is 97.8 Å². The number of nitriles is 1. The van der Waals surface area contributed by atoms with Crippen LogP contribution in [0.4, 0.5) is 0 Å². The fraction of sp³-hybridized carbons (Fsp3) is 0.0769. The zero-order valence-corrected chi connectivity index (χ0v) is 9.19. The van der Waals surface area contributed by atoms with E-state index in [1.807, 2.05) is 12.1 Å². The zero-order chi connectivity index (χ0) is 12.4. The van der Waals surface area contributed by atoms with Crippen LogP contribution in [0.1, 0.15) is 11.3 Å². The Hall–Kier alpha value is -2.54. The molecule has 0 amide bonds. The van der Waals surface area contributed by atoms with E-state index in [9.17, 15) is 9.90 Å². The lowest BCUT2D eigenvalue weighted by Gasteiger charge is -2.07. The van der Waals surface area contributed by atoms with Gasteiger partial charge in [0, 0.05) is 5.69 Å². The summed E-state index contributed by atoms with van der Waals surface area (Å²) in [5.41, 5.74) is 0.791. The lowest BCUT2D eigenvalue weighted by molar-refractivity contribution is 0.473. The van der Waals surface area contributed by atoms with Gasteiger partial charge >= 0.3 is 0 Å². The molecule has 0 saturated heterocycles. The molecule has 0 bridgehead atoms. The summed E-state index contributed by atoms with van der Waals surface area (Å²) < 4.78 is 0. The molecule has 0 spiro atoms. The number of hydrogen-bond acceptors (Lipinski definition) is 3. The van der Waals surface area contributed by atoms with Gasteiger partial charge in [-0.15, -0.1) is 0 Å². The van der Waals surface area contributed by atoms with Crippen molar-refractivity contribution in [3.63, 3.8) is 0 Å². The second-order valence-electron chi connectivity index (χ2n) is 3.66. The van der Waals surface area contributed by atoms with E-state index in [1.165, 1.54) is 0 Å². The Morgan fingerprint density at radius 1 is 1.29 bits per heavy atom. The fourth-order valence-corrected chi connectivity index (χ4v) is 1.71. The van der Waals surface area contributed by atoms with Crippen LogP contribution in [0.15, 0.2) is 35.1 Å². The lowest BCUT2D eigenvalue weighted by atomic mass is 10.0. The van der Waals surface area contributed by atoms with Gasteiger partial charge in [-0.25, -0.2) is 0 Å². The van der Waals surface area contributed by atoms with Gasteiger partial charge in [-0.3, -0.25) is 4.79 Å². The van der Waals surface area contributed by atoms with Crippen LogP contribution in [0.5, 0.6) is 5.75 Å². The largest absolute Gasteiger partial charge is 0.506 e. The predicted octanol–water partition coefficient (Wildman–Crippen LogP) is 1.93. The molecule has 0 unspecified atom stereocenters. The molecular weight excluding hydrogens is 216 g/mol. The van der Waals surface area contributed by atoms with Gasteiger partial charge in [-0.1, -0.05) is 30.3 Å². The molecule has 0 aliphatic rings. The van der Waals surface area contributed by atoms with Crippen molar-refractivity contribution in [2.75, 3.05) is 0 Å². The molecule has 2 rings (SSSR count). The number of aromatic nitrogens is 1. The van der Waals surface area contributed by atoms with Crippen LogP contribution in [0.2, 0.25) is 0 Å². The third kappa shape index (κ3) is 1.79. The van der Waals surface area contributed by atoms with Crippen molar-refractivity contribution in [2.24, 2.45) is 0 Å². The van der Waals surface area contributed by atoms with Crippen LogP contribution in [0, 0.1) is 18.3 Å². The second kappa shape index (κ2) is 4.14. The Morgan fingerprint density at radius 2 is 1.94 bits per heavy atom. The molecular formula is C13H10N2O2. The Bertz CT molecular complexity index is 652. The summed E-state index contributed by atoms with van der Waals surface area (Å²) in [6.45, 7) is 1.58. The molecule has 2 aromatic rings. The number of rotatable bonds is 1. The number of hydrogen-bond donors (Lipinski definition) is 2. The summed E-state index contributed by atoms with van der Waals surface area (Å²) in [5.74, 6) is -0.264. The molecule has 84 valence electrons. The zero-order valence-electron chi connectivity index (χ0n) is 9.19. The van der Waals surface area contributed by atoms with Crippen molar-refractivity contribution >= 4 is 0 Å². The second-order valence-corrected chi connectivity index (χ2v) is 3.66. The van der Waals surface area contributed by atoms with Gasteiger partial charge in [-0.2, -0.15) is 5.26 Å². The van der Waals surface area contributed by atoms with E-state index in [4.69, 9.17) is 5.26 Å². The fourth-order valence-electron chi connectivity index (χ4n) is 1.71. The number of benzene rings is 1. The molecule has 0 atom stereocenters. The molecule has 4 heteroatoms. The minimum atomic E-state index is -0.398. The Kier molecular flexibility index (Phi) is 2.67. The van der Waals surface area contributed by atoms with Crippen LogP contribution < -0.4 is 5.56 Å². The van der Waals surface area contributed by atoms with Crippen LogP contribution in [0.3, 0.4) is 0 Å². The molecule has 0 fully saturated rings. The van der Waals surface area contributed by atoms with E-state index in [0.717, 1.165) is 0 Å². The molecule has 0 saturated carbocycles. The lowest BCUT2D eigenvalue weighted by Crippen LogP contribution is -2.12. The van der Waals surface area contributed by atoms with Gasteiger partial charge in [0.15, 0.2) is 0 Å². The highest BCUT2D eigenvalue weighted by molar-refractivity contribution is 5.72. The quantitative estimate of drug-likeness (QED) is 0.779. The Balaban J connectivity index is 2.81. The van der Waals surface area contributed by atoms with E-state index >= 15 is 0 Å². The third-order valence-electron chi connectivity index (χ3n) is 2.55. The van der Waals surface area contributed by atoms with Gasteiger partial charge in [0.25, 0.3) is 5.56 Å². The summed E-state index contributed by atoms with van der Waals surface area (Å²) in [4.78, 5) is 14.4. The standard InChI is InChI=1S/C13H10N2O2/c1-8-10(7-14)12(16)11(13(17)15-8)9-5-3-2-4-6-9/h2-6H,1H3,(H2,15,16,17). The number of nitrogens with one attached hydrogen (secondary N) is 1. The normalized spacial score (nSPS) is 9.88. The molecule has 4 nitrogen and oxygen atoms in total. The monoisotopic (exact) mass is 226 g/mol. The number of H-pyrrole nitrogens is 1. The first-order valence-corrected chi connectivity index (χ1v) is 5.06. The van der Waals surface area contributed by atoms with Gasteiger partial charge < -0.3 is 10.1 Å². The van der Waals surface area contributed by atoms with Crippen LogP contribution in [-0.2, 0) is 0 Å². The highest BCUT2D eigenvalue weighted by Gasteiger charge is 2.15.